The van der Waals surface area contributed by atoms with Gasteiger partial charge in [0.15, 0.2) is 0 Å². The summed E-state index contributed by atoms with van der Waals surface area (Å²) in [4.78, 5) is 23.0. The second-order valence-electron chi connectivity index (χ2n) is 3.95. The first-order valence-corrected chi connectivity index (χ1v) is 6.70. The van der Waals surface area contributed by atoms with Crippen LogP contribution in [0.1, 0.15) is 52.9 Å². The van der Waals surface area contributed by atoms with Crippen molar-refractivity contribution in [2.75, 3.05) is 13.2 Å². The lowest BCUT2D eigenvalue weighted by Gasteiger charge is -2.07. The number of esters is 2. The van der Waals surface area contributed by atoms with Crippen LogP contribution in [0.15, 0.2) is 11.6 Å². The third kappa shape index (κ3) is 7.87. The minimum Gasteiger partial charge on any atom is -0.463 e. The molecular formula is C14H24O4. The Kier molecular flexibility index (Phi) is 10.0. The fraction of sp³-hybridized carbons (Fsp3) is 0.714. The van der Waals surface area contributed by atoms with E-state index in [1.54, 1.807) is 13.8 Å². The van der Waals surface area contributed by atoms with Crippen LogP contribution in [0, 0.1) is 0 Å². The monoisotopic (exact) mass is 256 g/mol. The standard InChI is InChI=1S/C14H24O4/c1-4-7-8-9-10-12(14(16)18-6-3)11-13(15)17-5-2/h11H,4-10H2,1-3H3. The maximum absolute atomic E-state index is 11.6. The van der Waals surface area contributed by atoms with Crippen LogP contribution in [0.3, 0.4) is 0 Å². The third-order valence-electron chi connectivity index (χ3n) is 2.42. The Hall–Kier alpha value is -1.32. The SMILES string of the molecule is CCCCCCC(=CC(=O)OCC)C(=O)OCC. The summed E-state index contributed by atoms with van der Waals surface area (Å²) in [6.45, 7) is 6.23. The van der Waals surface area contributed by atoms with Crippen molar-refractivity contribution in [3.05, 3.63) is 11.6 Å². The molecule has 0 saturated heterocycles. The van der Waals surface area contributed by atoms with Gasteiger partial charge in [-0.3, -0.25) is 0 Å². The molecule has 0 aromatic rings. The van der Waals surface area contributed by atoms with E-state index in [4.69, 9.17) is 9.47 Å². The van der Waals surface area contributed by atoms with Gasteiger partial charge >= 0.3 is 11.9 Å². The molecule has 0 atom stereocenters. The molecule has 0 aliphatic carbocycles. The number of carbonyl (C=O) groups is 2. The highest BCUT2D eigenvalue weighted by Crippen LogP contribution is 2.12. The summed E-state index contributed by atoms with van der Waals surface area (Å²) in [7, 11) is 0. The Morgan fingerprint density at radius 3 is 2.17 bits per heavy atom. The Morgan fingerprint density at radius 1 is 0.944 bits per heavy atom. The van der Waals surface area contributed by atoms with Crippen molar-refractivity contribution in [2.24, 2.45) is 0 Å². The van der Waals surface area contributed by atoms with E-state index in [1.807, 2.05) is 0 Å². The summed E-state index contributed by atoms with van der Waals surface area (Å²) in [5.74, 6) is -0.891. The lowest BCUT2D eigenvalue weighted by Crippen LogP contribution is -2.11. The maximum atomic E-state index is 11.6. The van der Waals surface area contributed by atoms with E-state index in [-0.39, 0.29) is 0 Å². The van der Waals surface area contributed by atoms with E-state index in [0.29, 0.717) is 25.2 Å². The number of hydrogen-bond acceptors (Lipinski definition) is 4. The van der Waals surface area contributed by atoms with Crippen molar-refractivity contribution in [2.45, 2.75) is 52.9 Å². The minimum absolute atomic E-state index is 0.307. The fourth-order valence-corrected chi connectivity index (χ4v) is 1.53. The summed E-state index contributed by atoms with van der Waals surface area (Å²) < 4.78 is 9.73. The second kappa shape index (κ2) is 10.8. The van der Waals surface area contributed by atoms with Gasteiger partial charge in [0.2, 0.25) is 0 Å². The summed E-state index contributed by atoms with van der Waals surface area (Å²) >= 11 is 0. The van der Waals surface area contributed by atoms with Crippen molar-refractivity contribution in [1.82, 2.24) is 0 Å². The average Bonchev–Trinajstić information content (AvgIpc) is 2.33. The van der Waals surface area contributed by atoms with Gasteiger partial charge < -0.3 is 9.47 Å². The van der Waals surface area contributed by atoms with Crippen LogP contribution in [0.25, 0.3) is 0 Å². The molecule has 0 aliphatic rings. The lowest BCUT2D eigenvalue weighted by atomic mass is 10.1. The van der Waals surface area contributed by atoms with E-state index in [2.05, 4.69) is 6.92 Å². The Bertz CT molecular complexity index is 282. The lowest BCUT2D eigenvalue weighted by molar-refractivity contribution is -0.141. The Morgan fingerprint density at radius 2 is 1.61 bits per heavy atom. The van der Waals surface area contributed by atoms with Gasteiger partial charge in [0.25, 0.3) is 0 Å². The topological polar surface area (TPSA) is 52.6 Å². The first kappa shape index (κ1) is 16.7. The van der Waals surface area contributed by atoms with Gasteiger partial charge in [-0.25, -0.2) is 9.59 Å². The molecule has 0 saturated carbocycles. The minimum atomic E-state index is -0.476. The molecule has 0 heterocycles. The van der Waals surface area contributed by atoms with Crippen molar-refractivity contribution in [3.63, 3.8) is 0 Å². The summed E-state index contributed by atoms with van der Waals surface area (Å²) in [6, 6.07) is 0. The first-order chi connectivity index (χ1) is 8.65. The van der Waals surface area contributed by atoms with Crippen LogP contribution in [-0.4, -0.2) is 25.2 Å². The largest absolute Gasteiger partial charge is 0.463 e. The molecule has 0 bridgehead atoms. The van der Waals surface area contributed by atoms with Crippen LogP contribution < -0.4 is 0 Å². The summed E-state index contributed by atoms with van der Waals surface area (Å²) in [5, 5.41) is 0. The van der Waals surface area contributed by atoms with Crippen molar-refractivity contribution in [1.29, 1.82) is 0 Å². The van der Waals surface area contributed by atoms with Crippen molar-refractivity contribution < 1.29 is 19.1 Å². The number of hydrogen-bond donors (Lipinski definition) is 0. The van der Waals surface area contributed by atoms with Crippen molar-refractivity contribution >= 4 is 11.9 Å². The molecule has 0 radical (unpaired) electrons. The number of unbranched alkanes of at least 4 members (excludes halogenated alkanes) is 3. The highest BCUT2D eigenvalue weighted by Gasteiger charge is 2.12. The smallest absolute Gasteiger partial charge is 0.334 e. The number of rotatable bonds is 9. The van der Waals surface area contributed by atoms with Gasteiger partial charge in [0.05, 0.1) is 13.2 Å². The van der Waals surface area contributed by atoms with Gasteiger partial charge in [0, 0.05) is 11.6 Å². The van der Waals surface area contributed by atoms with Crippen LogP contribution in [-0.2, 0) is 19.1 Å². The first-order valence-electron chi connectivity index (χ1n) is 6.70. The number of ether oxygens (including phenoxy) is 2. The molecule has 0 aromatic heterocycles. The van der Waals surface area contributed by atoms with Gasteiger partial charge in [-0.2, -0.15) is 0 Å². The van der Waals surface area contributed by atoms with Crippen LogP contribution >= 0.6 is 0 Å². The Balaban J connectivity index is 4.41. The van der Waals surface area contributed by atoms with E-state index in [0.717, 1.165) is 25.7 Å². The van der Waals surface area contributed by atoms with Gasteiger partial charge in [-0.05, 0) is 26.7 Å². The molecule has 0 amide bonds. The van der Waals surface area contributed by atoms with Crippen LogP contribution in [0.2, 0.25) is 0 Å². The molecule has 4 nitrogen and oxygen atoms in total. The third-order valence-corrected chi connectivity index (χ3v) is 2.42. The predicted molar refractivity (Wildman–Crippen MR) is 70.1 cm³/mol. The zero-order chi connectivity index (χ0) is 13.8. The van der Waals surface area contributed by atoms with Crippen LogP contribution in [0.4, 0.5) is 0 Å². The maximum Gasteiger partial charge on any atom is 0.334 e. The average molecular weight is 256 g/mol. The Labute approximate surface area is 109 Å². The molecule has 0 N–H and O–H groups in total. The molecular weight excluding hydrogens is 232 g/mol. The van der Waals surface area contributed by atoms with E-state index >= 15 is 0 Å². The second-order valence-corrected chi connectivity index (χ2v) is 3.95. The number of carbonyl (C=O) groups excluding carboxylic acids is 2. The molecule has 0 spiro atoms. The molecule has 0 unspecified atom stereocenters. The van der Waals surface area contributed by atoms with E-state index < -0.39 is 11.9 Å². The van der Waals surface area contributed by atoms with Gasteiger partial charge in [-0.15, -0.1) is 0 Å². The molecule has 0 fully saturated rings. The normalized spacial score (nSPS) is 11.2. The summed E-state index contributed by atoms with van der Waals surface area (Å²) in [5.41, 5.74) is 0.409. The highest BCUT2D eigenvalue weighted by molar-refractivity contribution is 5.96. The zero-order valence-electron chi connectivity index (χ0n) is 11.7. The van der Waals surface area contributed by atoms with Gasteiger partial charge in [-0.1, -0.05) is 26.2 Å². The molecule has 104 valence electrons. The molecule has 18 heavy (non-hydrogen) atoms. The van der Waals surface area contributed by atoms with Crippen LogP contribution in [0.5, 0.6) is 0 Å². The van der Waals surface area contributed by atoms with Crippen molar-refractivity contribution in [3.8, 4) is 0 Å². The predicted octanol–water partition coefficient (Wildman–Crippen LogP) is 3.01. The molecule has 4 heteroatoms. The molecule has 0 aliphatic heterocycles. The van der Waals surface area contributed by atoms with Gasteiger partial charge in [0.1, 0.15) is 0 Å². The van der Waals surface area contributed by atoms with E-state index in [9.17, 15) is 9.59 Å². The van der Waals surface area contributed by atoms with E-state index in [1.165, 1.54) is 6.08 Å². The fourth-order valence-electron chi connectivity index (χ4n) is 1.53. The molecule has 0 aromatic carbocycles. The zero-order valence-corrected chi connectivity index (χ0v) is 11.7. The highest BCUT2D eigenvalue weighted by atomic mass is 16.5. The molecule has 0 rings (SSSR count). The summed E-state index contributed by atoms with van der Waals surface area (Å²) in [6.07, 6.45) is 6.03. The quantitative estimate of drug-likeness (QED) is 0.361.